The van der Waals surface area contributed by atoms with Crippen molar-refractivity contribution >= 4 is 50.9 Å². The smallest absolute Gasteiger partial charge is 0.224 e. The highest BCUT2D eigenvalue weighted by Gasteiger charge is 2.32. The lowest BCUT2D eigenvalue weighted by atomic mass is 9.99. The maximum Gasteiger partial charge on any atom is 0.224 e. The van der Waals surface area contributed by atoms with Crippen molar-refractivity contribution in [3.63, 3.8) is 0 Å². The molecule has 1 atom stereocenters. The second-order valence-electron chi connectivity index (χ2n) is 7.12. The van der Waals surface area contributed by atoms with Gasteiger partial charge < -0.3 is 9.73 Å². The van der Waals surface area contributed by atoms with Gasteiger partial charge in [-0.25, -0.2) is 12.7 Å². The molecule has 164 valence electrons. The first-order valence-electron chi connectivity index (χ1n) is 9.65. The minimum Gasteiger partial charge on any atom is -0.468 e. The van der Waals surface area contributed by atoms with Crippen molar-refractivity contribution in [1.82, 2.24) is 9.62 Å². The Bertz CT molecular complexity index is 952. The Morgan fingerprint density at radius 2 is 2.10 bits per heavy atom. The molecule has 1 saturated heterocycles. The molecule has 0 unspecified atom stereocenters. The van der Waals surface area contributed by atoms with Crippen LogP contribution in [0.5, 0.6) is 0 Å². The van der Waals surface area contributed by atoms with Crippen LogP contribution in [-0.2, 0) is 26.3 Å². The number of hydrogen-bond acceptors (Lipinski definition) is 5. The molecule has 1 aromatic heterocycles. The molecule has 0 aliphatic carbocycles. The van der Waals surface area contributed by atoms with E-state index in [2.05, 4.69) is 5.32 Å². The fourth-order valence-corrected chi connectivity index (χ4v) is 5.97. The first-order valence-corrected chi connectivity index (χ1v) is 13.2. The zero-order chi connectivity index (χ0) is 21.6. The van der Waals surface area contributed by atoms with Gasteiger partial charge in [-0.2, -0.15) is 11.8 Å². The summed E-state index contributed by atoms with van der Waals surface area (Å²) in [7, 11) is -3.55. The molecule has 1 N–H and O–H groups in total. The molecule has 10 heteroatoms. The zero-order valence-electron chi connectivity index (χ0n) is 16.4. The Morgan fingerprint density at radius 1 is 1.27 bits per heavy atom. The molecular weight excluding hydrogens is 467 g/mol. The van der Waals surface area contributed by atoms with Crippen molar-refractivity contribution in [2.75, 3.05) is 25.4 Å². The molecule has 2 heterocycles. The Balaban J connectivity index is 1.47. The van der Waals surface area contributed by atoms with Gasteiger partial charge in [0.1, 0.15) is 5.76 Å². The average molecular weight is 491 g/mol. The van der Waals surface area contributed by atoms with Crippen molar-refractivity contribution in [3.8, 4) is 0 Å². The van der Waals surface area contributed by atoms with Gasteiger partial charge in [0, 0.05) is 25.4 Å². The number of piperidine rings is 1. The first kappa shape index (κ1) is 23.5. The van der Waals surface area contributed by atoms with Gasteiger partial charge in [-0.3, -0.25) is 4.79 Å². The van der Waals surface area contributed by atoms with Crippen LogP contribution in [0.1, 0.15) is 24.2 Å². The van der Waals surface area contributed by atoms with E-state index in [9.17, 15) is 13.2 Å². The molecule has 0 saturated carbocycles. The lowest BCUT2D eigenvalue weighted by molar-refractivity contribution is -0.125. The van der Waals surface area contributed by atoms with E-state index in [-0.39, 0.29) is 24.1 Å². The van der Waals surface area contributed by atoms with Crippen LogP contribution in [-0.4, -0.2) is 44.0 Å². The Kier molecular flexibility index (Phi) is 8.53. The predicted octanol–water partition coefficient (Wildman–Crippen LogP) is 4.18. The van der Waals surface area contributed by atoms with E-state index >= 15 is 0 Å². The van der Waals surface area contributed by atoms with Crippen molar-refractivity contribution in [1.29, 1.82) is 0 Å². The van der Waals surface area contributed by atoms with Crippen molar-refractivity contribution in [2.45, 2.75) is 24.3 Å². The van der Waals surface area contributed by atoms with Crippen LogP contribution in [0.25, 0.3) is 0 Å². The van der Waals surface area contributed by atoms with E-state index in [1.165, 1.54) is 4.31 Å². The van der Waals surface area contributed by atoms with Crippen molar-refractivity contribution in [3.05, 3.63) is 58.0 Å². The second kappa shape index (κ2) is 10.9. The summed E-state index contributed by atoms with van der Waals surface area (Å²) >= 11 is 13.6. The minimum atomic E-state index is -3.55. The van der Waals surface area contributed by atoms with E-state index in [0.717, 1.165) is 17.3 Å². The molecule has 3 rings (SSSR count). The van der Waals surface area contributed by atoms with Crippen molar-refractivity contribution in [2.24, 2.45) is 5.92 Å². The zero-order valence-corrected chi connectivity index (χ0v) is 19.5. The van der Waals surface area contributed by atoms with Crippen molar-refractivity contribution < 1.29 is 17.6 Å². The summed E-state index contributed by atoms with van der Waals surface area (Å²) < 4.78 is 32.4. The summed E-state index contributed by atoms with van der Waals surface area (Å²) in [5, 5.41) is 3.63. The Labute approximate surface area is 191 Å². The molecule has 30 heavy (non-hydrogen) atoms. The van der Waals surface area contributed by atoms with Gasteiger partial charge in [0.2, 0.25) is 15.9 Å². The molecule has 0 spiro atoms. The maximum atomic E-state index is 12.8. The summed E-state index contributed by atoms with van der Waals surface area (Å²) in [6, 6.07) is 8.57. The molecule has 1 fully saturated rings. The lowest BCUT2D eigenvalue weighted by Gasteiger charge is -2.31. The van der Waals surface area contributed by atoms with Gasteiger partial charge in [-0.15, -0.1) is 0 Å². The van der Waals surface area contributed by atoms with E-state index < -0.39 is 10.0 Å². The molecule has 2 aromatic rings. The van der Waals surface area contributed by atoms with Gasteiger partial charge >= 0.3 is 0 Å². The number of sulfonamides is 1. The normalized spacial score (nSPS) is 17.7. The Hall–Kier alpha value is -1.19. The summed E-state index contributed by atoms with van der Waals surface area (Å²) in [5.74, 6) is 1.83. The number of thioether (sulfide) groups is 1. The molecule has 1 amide bonds. The number of furan rings is 1. The number of nitrogens with zero attached hydrogens (tertiary/aromatic N) is 1. The largest absolute Gasteiger partial charge is 0.468 e. The molecular formula is C20H24Cl2N2O4S2. The second-order valence-corrected chi connectivity index (χ2v) is 11.0. The van der Waals surface area contributed by atoms with Gasteiger partial charge in [-0.1, -0.05) is 29.3 Å². The van der Waals surface area contributed by atoms with Gasteiger partial charge in [-0.05, 0) is 42.7 Å². The SMILES string of the molecule is O=C(NCCSCc1ccco1)[C@H]1CCCN(S(=O)(=O)Cc2ccc(Cl)c(Cl)c2)C1. The number of hydrogen-bond donors (Lipinski definition) is 1. The number of carbonyl (C=O) groups is 1. The summed E-state index contributed by atoms with van der Waals surface area (Å²) in [6.45, 7) is 1.16. The highest BCUT2D eigenvalue weighted by Crippen LogP contribution is 2.26. The monoisotopic (exact) mass is 490 g/mol. The molecule has 6 nitrogen and oxygen atoms in total. The lowest BCUT2D eigenvalue weighted by Crippen LogP contribution is -2.46. The minimum absolute atomic E-state index is 0.0944. The van der Waals surface area contributed by atoms with Crippen LogP contribution in [0.4, 0.5) is 0 Å². The summed E-state index contributed by atoms with van der Waals surface area (Å²) in [6.07, 6.45) is 2.98. The van der Waals surface area contributed by atoms with Crippen LogP contribution in [0, 0.1) is 5.92 Å². The molecule has 1 aliphatic heterocycles. The van der Waals surface area contributed by atoms with Gasteiger partial charge in [0.05, 0.1) is 33.7 Å². The third kappa shape index (κ3) is 6.65. The van der Waals surface area contributed by atoms with Gasteiger partial charge in [0.15, 0.2) is 0 Å². The summed E-state index contributed by atoms with van der Waals surface area (Å²) in [5.41, 5.74) is 0.574. The molecule has 1 aliphatic rings. The number of rotatable bonds is 9. The predicted molar refractivity (Wildman–Crippen MR) is 121 cm³/mol. The fraction of sp³-hybridized carbons (Fsp3) is 0.450. The van der Waals surface area contributed by atoms with Crippen LogP contribution < -0.4 is 5.32 Å². The number of benzene rings is 1. The first-order chi connectivity index (χ1) is 14.3. The van der Waals surface area contributed by atoms with Crippen LogP contribution in [0.15, 0.2) is 41.0 Å². The van der Waals surface area contributed by atoms with Crippen LogP contribution in [0.3, 0.4) is 0 Å². The number of carbonyl (C=O) groups excluding carboxylic acids is 1. The highest BCUT2D eigenvalue weighted by atomic mass is 35.5. The molecule has 0 bridgehead atoms. The van der Waals surface area contributed by atoms with E-state index in [1.54, 1.807) is 36.2 Å². The van der Waals surface area contributed by atoms with E-state index in [0.29, 0.717) is 41.5 Å². The Morgan fingerprint density at radius 3 is 2.83 bits per heavy atom. The van der Waals surface area contributed by atoms with E-state index in [4.69, 9.17) is 27.6 Å². The van der Waals surface area contributed by atoms with Crippen LogP contribution in [0.2, 0.25) is 10.0 Å². The van der Waals surface area contributed by atoms with Crippen LogP contribution >= 0.6 is 35.0 Å². The third-order valence-electron chi connectivity index (χ3n) is 4.85. The summed E-state index contributed by atoms with van der Waals surface area (Å²) in [4.78, 5) is 12.5. The third-order valence-corrected chi connectivity index (χ3v) is 8.39. The quantitative estimate of drug-likeness (QED) is 0.533. The number of nitrogens with one attached hydrogen (secondary N) is 1. The molecule has 0 radical (unpaired) electrons. The molecule has 1 aromatic carbocycles. The van der Waals surface area contributed by atoms with Gasteiger partial charge in [0.25, 0.3) is 0 Å². The van der Waals surface area contributed by atoms with E-state index in [1.807, 2.05) is 12.1 Å². The number of amides is 1. The standard InChI is InChI=1S/C20H24Cl2N2O4S2/c21-18-6-5-15(11-19(18)22)14-30(26,27)24-8-1-3-16(12-24)20(25)23-7-10-29-13-17-4-2-9-28-17/h2,4-6,9,11,16H,1,3,7-8,10,12-14H2,(H,23,25)/t16-/m0/s1. The number of halogens is 2. The maximum absolute atomic E-state index is 12.8. The average Bonchev–Trinajstić information content (AvgIpc) is 3.24. The fourth-order valence-electron chi connectivity index (χ4n) is 3.30. The highest BCUT2D eigenvalue weighted by molar-refractivity contribution is 7.98. The topological polar surface area (TPSA) is 79.6 Å².